The third kappa shape index (κ3) is 4.26. The Morgan fingerprint density at radius 1 is 1.21 bits per heavy atom. The van der Waals surface area contributed by atoms with E-state index in [1.54, 1.807) is 25.4 Å². The minimum Gasteiger partial charge on any atom is -0.493 e. The van der Waals surface area contributed by atoms with Crippen molar-refractivity contribution >= 4 is 16.8 Å². The number of carbonyl (C=O) groups is 1. The first kappa shape index (κ1) is 22.3. The van der Waals surface area contributed by atoms with Crippen molar-refractivity contribution in [3.63, 3.8) is 0 Å². The van der Waals surface area contributed by atoms with Crippen LogP contribution in [0.5, 0.6) is 5.75 Å². The molecule has 170 valence electrons. The molecule has 4 rings (SSSR count). The second-order valence-electron chi connectivity index (χ2n) is 8.05. The lowest BCUT2D eigenvalue weighted by Gasteiger charge is -2.18. The lowest BCUT2D eigenvalue weighted by molar-refractivity contribution is 0.0951. The van der Waals surface area contributed by atoms with Gasteiger partial charge in [-0.15, -0.1) is 0 Å². The first-order valence-electron chi connectivity index (χ1n) is 11.1. The fourth-order valence-electron chi connectivity index (χ4n) is 4.35. The Balaban J connectivity index is 1.71. The Morgan fingerprint density at radius 3 is 2.70 bits per heavy atom. The molecule has 0 radical (unpaired) electrons. The molecular formula is C26H28N4O3. The quantitative estimate of drug-likeness (QED) is 0.445. The number of amides is 1. The van der Waals surface area contributed by atoms with Gasteiger partial charge < -0.3 is 19.6 Å². The van der Waals surface area contributed by atoms with E-state index in [0.29, 0.717) is 29.2 Å². The van der Waals surface area contributed by atoms with Crippen LogP contribution in [0.4, 0.5) is 0 Å². The summed E-state index contributed by atoms with van der Waals surface area (Å²) in [7, 11) is 0. The number of aryl methyl sites for hydroxylation is 1. The average Bonchev–Trinajstić information content (AvgIpc) is 3.10. The molecule has 3 heterocycles. The van der Waals surface area contributed by atoms with Gasteiger partial charge in [0.25, 0.3) is 11.5 Å². The molecule has 0 saturated carbocycles. The number of nitrogens with zero attached hydrogens (tertiary/aromatic N) is 2. The predicted octanol–water partition coefficient (Wildman–Crippen LogP) is 4.28. The number of H-pyrrole nitrogens is 1. The maximum Gasteiger partial charge on any atom is 0.256 e. The van der Waals surface area contributed by atoms with Crippen LogP contribution in [-0.4, -0.2) is 27.0 Å². The predicted molar refractivity (Wildman–Crippen MR) is 129 cm³/mol. The average molecular weight is 445 g/mol. The number of benzene rings is 1. The standard InChI is InChI=1S/C26H28N4O3/c1-5-33-23-13-16(2)29-25(31)21(23)14-28-26(32)24-18(4)30(22-15-27-12-11-20(22)24)17(3)19-9-7-6-8-10-19/h6-13,15,17H,5,14H2,1-4H3,(H,28,32)(H,29,31). The number of aromatic amines is 1. The Kier molecular flexibility index (Phi) is 6.31. The van der Waals surface area contributed by atoms with Crippen molar-refractivity contribution in [2.45, 2.75) is 40.3 Å². The van der Waals surface area contributed by atoms with Gasteiger partial charge >= 0.3 is 0 Å². The number of nitrogens with one attached hydrogen (secondary N) is 2. The van der Waals surface area contributed by atoms with Gasteiger partial charge in [0.15, 0.2) is 0 Å². The second-order valence-corrected chi connectivity index (χ2v) is 8.05. The lowest BCUT2D eigenvalue weighted by Crippen LogP contribution is -2.28. The number of hydrogen-bond donors (Lipinski definition) is 2. The highest BCUT2D eigenvalue weighted by Gasteiger charge is 2.23. The van der Waals surface area contributed by atoms with Crippen LogP contribution in [0, 0.1) is 13.8 Å². The lowest BCUT2D eigenvalue weighted by atomic mass is 10.1. The van der Waals surface area contributed by atoms with Crippen molar-refractivity contribution in [1.29, 1.82) is 0 Å². The molecular weight excluding hydrogens is 416 g/mol. The van der Waals surface area contributed by atoms with E-state index in [2.05, 4.69) is 38.9 Å². The fourth-order valence-corrected chi connectivity index (χ4v) is 4.35. The monoisotopic (exact) mass is 444 g/mol. The van der Waals surface area contributed by atoms with E-state index in [4.69, 9.17) is 4.74 Å². The zero-order valence-electron chi connectivity index (χ0n) is 19.3. The molecule has 7 nitrogen and oxygen atoms in total. The second kappa shape index (κ2) is 9.32. The molecule has 0 aliphatic heterocycles. The summed E-state index contributed by atoms with van der Waals surface area (Å²) in [5.41, 5.74) is 4.29. The molecule has 0 spiro atoms. The van der Waals surface area contributed by atoms with Crippen LogP contribution in [0.3, 0.4) is 0 Å². The maximum atomic E-state index is 13.4. The summed E-state index contributed by atoms with van der Waals surface area (Å²) in [4.78, 5) is 33.0. The maximum absolute atomic E-state index is 13.4. The molecule has 0 bridgehead atoms. The van der Waals surface area contributed by atoms with Crippen LogP contribution in [-0.2, 0) is 6.54 Å². The van der Waals surface area contributed by atoms with Crippen LogP contribution in [0.2, 0.25) is 0 Å². The highest BCUT2D eigenvalue weighted by molar-refractivity contribution is 6.08. The molecule has 7 heteroatoms. The highest BCUT2D eigenvalue weighted by Crippen LogP contribution is 2.31. The van der Waals surface area contributed by atoms with Gasteiger partial charge in [-0.25, -0.2) is 0 Å². The third-order valence-electron chi connectivity index (χ3n) is 5.90. The number of rotatable bonds is 7. The van der Waals surface area contributed by atoms with Crippen LogP contribution in [0.1, 0.15) is 52.8 Å². The van der Waals surface area contributed by atoms with Gasteiger partial charge in [-0.05, 0) is 45.4 Å². The number of carbonyl (C=O) groups excluding carboxylic acids is 1. The summed E-state index contributed by atoms with van der Waals surface area (Å²) in [6.07, 6.45) is 3.48. The summed E-state index contributed by atoms with van der Waals surface area (Å²) < 4.78 is 7.77. The normalized spacial score (nSPS) is 12.0. The number of hydrogen-bond acceptors (Lipinski definition) is 4. The molecule has 3 aromatic heterocycles. The van der Waals surface area contributed by atoms with Crippen LogP contribution < -0.4 is 15.6 Å². The van der Waals surface area contributed by atoms with Crippen LogP contribution in [0.25, 0.3) is 10.9 Å². The third-order valence-corrected chi connectivity index (χ3v) is 5.90. The van der Waals surface area contributed by atoms with Gasteiger partial charge in [-0.2, -0.15) is 0 Å². The molecule has 0 saturated heterocycles. The molecule has 2 N–H and O–H groups in total. The molecule has 0 fully saturated rings. The first-order chi connectivity index (χ1) is 15.9. The Labute approximate surface area is 192 Å². The zero-order valence-corrected chi connectivity index (χ0v) is 19.3. The van der Waals surface area contributed by atoms with Gasteiger partial charge in [0.2, 0.25) is 0 Å². The molecule has 4 aromatic rings. The Hall–Kier alpha value is -3.87. The Morgan fingerprint density at radius 2 is 1.97 bits per heavy atom. The van der Waals surface area contributed by atoms with E-state index in [9.17, 15) is 9.59 Å². The molecule has 0 aliphatic rings. The van der Waals surface area contributed by atoms with Crippen molar-refractivity contribution in [2.75, 3.05) is 6.61 Å². The number of pyridine rings is 2. The number of fused-ring (bicyclic) bond motifs is 1. The summed E-state index contributed by atoms with van der Waals surface area (Å²) in [6, 6.07) is 13.8. The van der Waals surface area contributed by atoms with Gasteiger partial charge in [-0.3, -0.25) is 14.6 Å². The molecule has 1 atom stereocenters. The summed E-state index contributed by atoms with van der Waals surface area (Å²) in [6.45, 7) is 8.21. The minimum absolute atomic E-state index is 0.0175. The molecule has 1 aromatic carbocycles. The van der Waals surface area contributed by atoms with Crippen molar-refractivity contribution < 1.29 is 9.53 Å². The van der Waals surface area contributed by atoms with Crippen molar-refractivity contribution in [2.24, 2.45) is 0 Å². The summed E-state index contributed by atoms with van der Waals surface area (Å²) >= 11 is 0. The largest absolute Gasteiger partial charge is 0.493 e. The summed E-state index contributed by atoms with van der Waals surface area (Å²) in [5.74, 6) is 0.241. The van der Waals surface area contributed by atoms with E-state index in [1.807, 2.05) is 38.1 Å². The number of aromatic nitrogens is 3. The molecule has 1 amide bonds. The van der Waals surface area contributed by atoms with Crippen LogP contribution >= 0.6 is 0 Å². The van der Waals surface area contributed by atoms with Gasteiger partial charge in [0.05, 0.1) is 42.0 Å². The SMILES string of the molecule is CCOc1cc(C)[nH]c(=O)c1CNC(=O)c1c(C)n(C(C)c2ccccc2)c2cnccc12. The van der Waals surface area contributed by atoms with Gasteiger partial charge in [-0.1, -0.05) is 30.3 Å². The van der Waals surface area contributed by atoms with E-state index in [-0.39, 0.29) is 24.1 Å². The minimum atomic E-state index is -0.264. The molecule has 1 unspecified atom stereocenters. The van der Waals surface area contributed by atoms with Crippen molar-refractivity contribution in [1.82, 2.24) is 19.9 Å². The van der Waals surface area contributed by atoms with Crippen molar-refractivity contribution in [3.05, 3.63) is 93.3 Å². The van der Waals surface area contributed by atoms with Gasteiger partial charge in [0.1, 0.15) is 5.75 Å². The summed E-state index contributed by atoms with van der Waals surface area (Å²) in [5, 5.41) is 3.75. The van der Waals surface area contributed by atoms with Gasteiger partial charge in [0, 0.05) is 23.0 Å². The van der Waals surface area contributed by atoms with Crippen LogP contribution in [0.15, 0.2) is 59.7 Å². The first-order valence-corrected chi connectivity index (χ1v) is 11.1. The van der Waals surface area contributed by atoms with E-state index in [1.165, 1.54) is 0 Å². The van der Waals surface area contributed by atoms with Crippen molar-refractivity contribution in [3.8, 4) is 5.75 Å². The zero-order chi connectivity index (χ0) is 23.5. The smallest absolute Gasteiger partial charge is 0.256 e. The molecule has 0 aliphatic carbocycles. The number of ether oxygens (including phenoxy) is 1. The fraction of sp³-hybridized carbons (Fsp3) is 0.269. The molecule has 33 heavy (non-hydrogen) atoms. The topological polar surface area (TPSA) is 89.0 Å². The Bertz CT molecular complexity index is 1360. The highest BCUT2D eigenvalue weighted by atomic mass is 16.5. The van der Waals surface area contributed by atoms with E-state index >= 15 is 0 Å². The van der Waals surface area contributed by atoms with E-state index < -0.39 is 0 Å². The van der Waals surface area contributed by atoms with E-state index in [0.717, 1.165) is 22.2 Å².